The minimum absolute atomic E-state index is 0.0548. The van der Waals surface area contributed by atoms with Gasteiger partial charge in [0, 0.05) is 36.5 Å². The number of esters is 1. The highest BCUT2D eigenvalue weighted by molar-refractivity contribution is 5.91. The van der Waals surface area contributed by atoms with Gasteiger partial charge in [-0.1, -0.05) is 6.07 Å². The van der Waals surface area contributed by atoms with E-state index in [1.807, 2.05) is 27.7 Å². The summed E-state index contributed by atoms with van der Waals surface area (Å²) in [6, 6.07) is 5.54. The molecule has 2 aromatic heterocycles. The van der Waals surface area contributed by atoms with Crippen molar-refractivity contribution in [1.82, 2.24) is 19.7 Å². The second-order valence-electron chi connectivity index (χ2n) is 9.76. The molecule has 2 N–H and O–H groups in total. The molecule has 1 atom stereocenters. The second-order valence-corrected chi connectivity index (χ2v) is 9.76. The first-order chi connectivity index (χ1) is 17.8. The summed E-state index contributed by atoms with van der Waals surface area (Å²) >= 11 is 0. The fourth-order valence-electron chi connectivity index (χ4n) is 3.88. The van der Waals surface area contributed by atoms with Crippen LogP contribution in [0.5, 0.6) is 5.75 Å². The highest BCUT2D eigenvalue weighted by Crippen LogP contribution is 2.33. The molecule has 0 unspecified atom stereocenters. The molecule has 0 saturated carbocycles. The van der Waals surface area contributed by atoms with Gasteiger partial charge in [-0.3, -0.25) is 4.68 Å². The van der Waals surface area contributed by atoms with E-state index < -0.39 is 29.6 Å². The van der Waals surface area contributed by atoms with Crippen molar-refractivity contribution in [2.45, 2.75) is 59.4 Å². The van der Waals surface area contributed by atoms with E-state index in [0.717, 1.165) is 17.3 Å². The molecule has 0 aliphatic carbocycles. The Morgan fingerprint density at radius 3 is 2.55 bits per heavy atom. The smallest absolute Gasteiger partial charge is 0.410 e. The van der Waals surface area contributed by atoms with E-state index in [-0.39, 0.29) is 23.7 Å². The Morgan fingerprint density at radius 1 is 1.21 bits per heavy atom. The number of pyridine rings is 1. The molecule has 0 spiro atoms. The molecule has 10 nitrogen and oxygen atoms in total. The number of hydrogen-bond acceptors (Lipinski definition) is 8. The van der Waals surface area contributed by atoms with Crippen LogP contribution in [0.15, 0.2) is 36.7 Å². The molecule has 0 aliphatic heterocycles. The summed E-state index contributed by atoms with van der Waals surface area (Å²) in [4.78, 5) is 30.5. The Hall–Kier alpha value is -4.15. The summed E-state index contributed by atoms with van der Waals surface area (Å²) in [6.45, 7) is 9.90. The van der Waals surface area contributed by atoms with Crippen LogP contribution in [-0.4, -0.2) is 51.5 Å². The molecule has 0 aliphatic rings. The maximum atomic E-state index is 13.8. The normalized spacial score (nSPS) is 12.1. The maximum Gasteiger partial charge on any atom is 0.410 e. The average molecular weight is 528 g/mol. The van der Waals surface area contributed by atoms with Gasteiger partial charge >= 0.3 is 12.1 Å². The lowest BCUT2D eigenvalue weighted by Gasteiger charge is -2.24. The Morgan fingerprint density at radius 2 is 1.92 bits per heavy atom. The number of aryl methyl sites for hydroxylation is 1. The molecule has 0 fully saturated rings. The molecule has 38 heavy (non-hydrogen) atoms. The van der Waals surface area contributed by atoms with Crippen molar-refractivity contribution in [3.8, 4) is 17.0 Å². The minimum Gasteiger partial charge on any atom is -0.482 e. The van der Waals surface area contributed by atoms with Gasteiger partial charge in [-0.15, -0.1) is 0 Å². The second kappa shape index (κ2) is 11.5. The van der Waals surface area contributed by atoms with Gasteiger partial charge < -0.3 is 24.8 Å². The summed E-state index contributed by atoms with van der Waals surface area (Å²) in [5, 5.41) is 4.46. The van der Waals surface area contributed by atoms with Gasteiger partial charge in [-0.2, -0.15) is 5.10 Å². The fraction of sp³-hybridized carbons (Fsp3) is 0.407. The monoisotopic (exact) mass is 527 g/mol. The zero-order valence-corrected chi connectivity index (χ0v) is 22.7. The number of anilines is 1. The Labute approximate surface area is 221 Å². The summed E-state index contributed by atoms with van der Waals surface area (Å²) in [6.07, 6.45) is 2.16. The quantitative estimate of drug-likeness (QED) is 0.407. The maximum absolute atomic E-state index is 13.8. The van der Waals surface area contributed by atoms with Gasteiger partial charge in [-0.05, 0) is 52.8 Å². The molecule has 3 aromatic rings. The van der Waals surface area contributed by atoms with Crippen molar-refractivity contribution >= 4 is 17.9 Å². The highest BCUT2D eigenvalue weighted by atomic mass is 19.1. The first-order valence-corrected chi connectivity index (χ1v) is 12.1. The SMILES string of the molecule is CCn1ncc(CN(C)C(=O)OC(C)(C)C)c1-c1cnc(N)c(O[C@H](C)c2ccc(F)cc2C(=O)OC)c1. The number of nitrogen functional groups attached to an aromatic ring is 1. The summed E-state index contributed by atoms with van der Waals surface area (Å²) < 4.78 is 32.0. The van der Waals surface area contributed by atoms with Gasteiger partial charge in [-0.25, -0.2) is 19.0 Å². The van der Waals surface area contributed by atoms with Gasteiger partial charge in [0.05, 0.1) is 31.1 Å². The van der Waals surface area contributed by atoms with Crippen LogP contribution in [0.3, 0.4) is 0 Å². The first kappa shape index (κ1) is 28.4. The van der Waals surface area contributed by atoms with E-state index in [1.165, 1.54) is 24.1 Å². The number of aromatic nitrogens is 3. The number of benzene rings is 1. The van der Waals surface area contributed by atoms with Crippen LogP contribution in [0.25, 0.3) is 11.3 Å². The standard InChI is InChI=1S/C27H34FN5O5/c1-8-33-23(18(14-31-33)15-32(6)26(35)38-27(3,4)5)17-11-22(24(29)30-13-17)37-16(2)20-10-9-19(28)12-21(20)25(34)36-7/h9-14,16H,8,15H2,1-7H3,(H2,29,30)/t16-/m1/s1. The van der Waals surface area contributed by atoms with Crippen LogP contribution in [0.4, 0.5) is 15.0 Å². The average Bonchev–Trinajstić information content (AvgIpc) is 3.26. The first-order valence-electron chi connectivity index (χ1n) is 12.1. The Kier molecular flexibility index (Phi) is 8.60. The molecule has 1 amide bonds. The van der Waals surface area contributed by atoms with E-state index in [9.17, 15) is 14.0 Å². The van der Waals surface area contributed by atoms with Crippen molar-refractivity contribution in [3.05, 3.63) is 59.2 Å². The number of hydrogen-bond donors (Lipinski definition) is 1. The van der Waals surface area contributed by atoms with Gasteiger partial charge in [0.2, 0.25) is 0 Å². The number of ether oxygens (including phenoxy) is 3. The summed E-state index contributed by atoms with van der Waals surface area (Å²) in [5.74, 6) is -0.843. The third-order valence-corrected chi connectivity index (χ3v) is 5.65. The van der Waals surface area contributed by atoms with Crippen molar-refractivity contribution in [2.24, 2.45) is 0 Å². The molecule has 0 radical (unpaired) electrons. The number of carbonyl (C=O) groups is 2. The van der Waals surface area contributed by atoms with Crippen LogP contribution < -0.4 is 10.5 Å². The lowest BCUT2D eigenvalue weighted by atomic mass is 10.0. The van der Waals surface area contributed by atoms with Gasteiger partial charge in [0.25, 0.3) is 0 Å². The number of rotatable bonds is 8. The third-order valence-electron chi connectivity index (χ3n) is 5.65. The lowest BCUT2D eigenvalue weighted by molar-refractivity contribution is 0.0285. The van der Waals surface area contributed by atoms with E-state index >= 15 is 0 Å². The lowest BCUT2D eigenvalue weighted by Crippen LogP contribution is -2.33. The van der Waals surface area contributed by atoms with Crippen molar-refractivity contribution in [1.29, 1.82) is 0 Å². The van der Waals surface area contributed by atoms with E-state index in [2.05, 4.69) is 10.1 Å². The summed E-state index contributed by atoms with van der Waals surface area (Å²) in [5.41, 5.74) is 8.17. The fourth-order valence-corrected chi connectivity index (χ4v) is 3.88. The number of carbonyl (C=O) groups excluding carboxylic acids is 2. The number of nitrogens with zero attached hydrogens (tertiary/aromatic N) is 4. The zero-order chi connectivity index (χ0) is 28.2. The van der Waals surface area contributed by atoms with Crippen molar-refractivity contribution in [2.75, 3.05) is 19.9 Å². The molecule has 0 bridgehead atoms. The van der Waals surface area contributed by atoms with Crippen LogP contribution >= 0.6 is 0 Å². The van der Waals surface area contributed by atoms with Gasteiger partial charge in [0.1, 0.15) is 17.5 Å². The number of amides is 1. The number of methoxy groups -OCH3 is 1. The molecule has 2 heterocycles. The highest BCUT2D eigenvalue weighted by Gasteiger charge is 2.24. The predicted molar refractivity (Wildman–Crippen MR) is 140 cm³/mol. The van der Waals surface area contributed by atoms with E-state index in [1.54, 1.807) is 37.1 Å². The molecule has 3 rings (SSSR count). The molecule has 11 heteroatoms. The Balaban J connectivity index is 1.94. The van der Waals surface area contributed by atoms with Gasteiger partial charge in [0.15, 0.2) is 11.6 Å². The number of nitrogens with two attached hydrogens (primary N) is 1. The van der Waals surface area contributed by atoms with Crippen molar-refractivity contribution in [3.63, 3.8) is 0 Å². The van der Waals surface area contributed by atoms with Crippen LogP contribution in [0.2, 0.25) is 0 Å². The van der Waals surface area contributed by atoms with Crippen LogP contribution in [0.1, 0.15) is 62.2 Å². The van der Waals surface area contributed by atoms with E-state index in [4.69, 9.17) is 19.9 Å². The topological polar surface area (TPSA) is 122 Å². The molecule has 0 saturated heterocycles. The molecular weight excluding hydrogens is 493 g/mol. The zero-order valence-electron chi connectivity index (χ0n) is 22.7. The predicted octanol–water partition coefficient (Wildman–Crippen LogP) is 4.98. The van der Waals surface area contributed by atoms with Crippen LogP contribution in [0, 0.1) is 5.82 Å². The third kappa shape index (κ3) is 6.58. The molecule has 1 aromatic carbocycles. The number of halogens is 1. The van der Waals surface area contributed by atoms with Crippen LogP contribution in [-0.2, 0) is 22.6 Å². The largest absolute Gasteiger partial charge is 0.482 e. The Bertz CT molecular complexity index is 1320. The molecule has 204 valence electrons. The molecular formula is C27H34FN5O5. The minimum atomic E-state index is -0.682. The van der Waals surface area contributed by atoms with E-state index in [0.29, 0.717) is 17.7 Å². The summed E-state index contributed by atoms with van der Waals surface area (Å²) in [7, 11) is 2.88. The van der Waals surface area contributed by atoms with Crippen molar-refractivity contribution < 1.29 is 28.2 Å².